The molecule has 3 rings (SSSR count). The molecular weight excluding hydrogens is 455 g/mol. The summed E-state index contributed by atoms with van der Waals surface area (Å²) in [4.78, 5) is 42.3. The lowest BCUT2D eigenvalue weighted by atomic mass is 10.1. The fourth-order valence-electron chi connectivity index (χ4n) is 4.12. The van der Waals surface area contributed by atoms with Crippen LogP contribution in [-0.4, -0.2) is 64.0 Å². The van der Waals surface area contributed by atoms with Crippen LogP contribution < -0.4 is 4.90 Å². The number of carbonyl (C=O) groups is 3. The van der Waals surface area contributed by atoms with Gasteiger partial charge in [-0.15, -0.1) is 10.2 Å². The van der Waals surface area contributed by atoms with Crippen molar-refractivity contribution in [1.29, 1.82) is 0 Å². The van der Waals surface area contributed by atoms with Gasteiger partial charge in [-0.25, -0.2) is 14.0 Å². The van der Waals surface area contributed by atoms with Gasteiger partial charge in [0.05, 0.1) is 18.6 Å². The number of rotatable bonds is 12. The summed E-state index contributed by atoms with van der Waals surface area (Å²) in [5.74, 6) is -1.99. The Morgan fingerprint density at radius 3 is 2.40 bits per heavy atom. The Morgan fingerprint density at radius 1 is 1.03 bits per heavy atom. The van der Waals surface area contributed by atoms with Crippen LogP contribution in [0.2, 0.25) is 0 Å². The third-order valence-electron chi connectivity index (χ3n) is 5.97. The first-order valence-corrected chi connectivity index (χ1v) is 12.2. The number of hydroxylamine groups is 2. The minimum atomic E-state index is -1.23. The molecule has 0 spiro atoms. The van der Waals surface area contributed by atoms with E-state index in [1.54, 1.807) is 6.07 Å². The van der Waals surface area contributed by atoms with Gasteiger partial charge >= 0.3 is 11.9 Å². The molecule has 0 bridgehead atoms. The summed E-state index contributed by atoms with van der Waals surface area (Å²) in [6, 6.07) is 4.32. The van der Waals surface area contributed by atoms with Crippen molar-refractivity contribution >= 4 is 34.6 Å². The zero-order valence-corrected chi connectivity index (χ0v) is 20.1. The highest BCUT2D eigenvalue weighted by molar-refractivity contribution is 5.97. The summed E-state index contributed by atoms with van der Waals surface area (Å²) < 4.78 is 15.3. The number of hydrogen-bond acceptors (Lipinski definition) is 7. The molecule has 1 aliphatic rings. The average molecular weight is 489 g/mol. The molecule has 35 heavy (non-hydrogen) atoms. The lowest BCUT2D eigenvalue weighted by Gasteiger charge is -2.33. The van der Waals surface area contributed by atoms with Crippen molar-refractivity contribution < 1.29 is 28.7 Å². The van der Waals surface area contributed by atoms with E-state index in [0.717, 1.165) is 31.4 Å². The van der Waals surface area contributed by atoms with Crippen molar-refractivity contribution in [3.8, 4) is 0 Å². The lowest BCUT2D eigenvalue weighted by molar-refractivity contribution is -0.185. The fraction of sp³-hybridized carbons (Fsp3) is 0.520. The molecule has 10 heteroatoms. The molecule has 1 N–H and O–H groups in total. The molecule has 0 amide bonds. The largest absolute Gasteiger partial charge is 0.478 e. The van der Waals surface area contributed by atoms with E-state index >= 15 is 0 Å². The maximum atomic E-state index is 14.0. The topological polar surface area (TPSA) is 105 Å². The molecule has 1 saturated heterocycles. The van der Waals surface area contributed by atoms with E-state index in [2.05, 4.69) is 12.0 Å². The molecule has 0 unspecified atom stereocenters. The van der Waals surface area contributed by atoms with Gasteiger partial charge in [-0.2, -0.15) is 4.68 Å². The number of aromatic nitrogens is 2. The van der Waals surface area contributed by atoms with Crippen molar-refractivity contribution in [3.63, 3.8) is 0 Å². The lowest BCUT2D eigenvalue weighted by Crippen LogP contribution is -2.47. The molecule has 9 nitrogen and oxygen atoms in total. The van der Waals surface area contributed by atoms with Gasteiger partial charge in [0, 0.05) is 43.1 Å². The third kappa shape index (κ3) is 7.61. The van der Waals surface area contributed by atoms with Crippen molar-refractivity contribution in [1.82, 2.24) is 14.8 Å². The Balaban J connectivity index is 1.62. The number of nitrogens with zero attached hydrogens (tertiary/aromatic N) is 4. The van der Waals surface area contributed by atoms with Gasteiger partial charge in [-0.1, -0.05) is 45.4 Å². The molecule has 0 radical (unpaired) electrons. The summed E-state index contributed by atoms with van der Waals surface area (Å²) in [5, 5.41) is 15.3. The number of anilines is 1. The number of piperazine rings is 1. The number of hydrogen-bond donors (Lipinski definition) is 1. The predicted octanol–water partition coefficient (Wildman–Crippen LogP) is 4.18. The molecular formula is C25H33FN4O5. The molecule has 0 saturated carbocycles. The van der Waals surface area contributed by atoms with Crippen LogP contribution in [0.15, 0.2) is 30.4 Å². The van der Waals surface area contributed by atoms with Crippen molar-refractivity contribution in [2.45, 2.75) is 58.3 Å². The van der Waals surface area contributed by atoms with Gasteiger partial charge in [0.15, 0.2) is 5.82 Å². The maximum Gasteiger partial charge on any atom is 0.349 e. The van der Waals surface area contributed by atoms with Crippen molar-refractivity contribution in [2.75, 3.05) is 31.1 Å². The number of benzene rings is 1. The van der Waals surface area contributed by atoms with Gasteiger partial charge in [-0.3, -0.25) is 4.79 Å². The van der Waals surface area contributed by atoms with Crippen LogP contribution in [0, 0.1) is 5.82 Å². The van der Waals surface area contributed by atoms with E-state index in [1.807, 2.05) is 4.90 Å². The van der Waals surface area contributed by atoms with E-state index in [-0.39, 0.29) is 5.91 Å². The molecule has 190 valence electrons. The van der Waals surface area contributed by atoms with Gasteiger partial charge in [0.1, 0.15) is 5.82 Å². The molecule has 1 aromatic heterocycles. The van der Waals surface area contributed by atoms with Gasteiger partial charge in [0.25, 0.3) is 0 Å². The second kappa shape index (κ2) is 13.0. The number of fused-ring (bicyclic) bond motifs is 1. The summed E-state index contributed by atoms with van der Waals surface area (Å²) in [5.41, 5.74) is 0.445. The van der Waals surface area contributed by atoms with Gasteiger partial charge < -0.3 is 14.8 Å². The molecule has 2 heterocycles. The predicted molar refractivity (Wildman–Crippen MR) is 130 cm³/mol. The molecule has 1 fully saturated rings. The SMILES string of the molecule is CCCCCCCCCC(=O)n1nc(N2CCN(OC(=O)/C=C\C(=O)O)CC2)c2ccc(F)cc21. The molecule has 1 aliphatic heterocycles. The van der Waals surface area contributed by atoms with Crippen LogP contribution in [0.5, 0.6) is 0 Å². The third-order valence-corrected chi connectivity index (χ3v) is 5.97. The Bertz CT molecular complexity index is 1060. The minimum Gasteiger partial charge on any atom is -0.478 e. The number of carboxylic acids is 1. The second-order valence-electron chi connectivity index (χ2n) is 8.66. The smallest absolute Gasteiger partial charge is 0.349 e. The van der Waals surface area contributed by atoms with Crippen LogP contribution in [0.4, 0.5) is 10.2 Å². The van der Waals surface area contributed by atoms with Crippen LogP contribution in [0.3, 0.4) is 0 Å². The number of carboxylic acid groups (broad SMARTS) is 1. The Labute approximate surface area is 204 Å². The van der Waals surface area contributed by atoms with Crippen molar-refractivity contribution in [3.05, 3.63) is 36.2 Å². The van der Waals surface area contributed by atoms with E-state index < -0.39 is 17.8 Å². The number of unbranched alkanes of at least 4 members (excludes halogenated alkanes) is 6. The summed E-state index contributed by atoms with van der Waals surface area (Å²) >= 11 is 0. The van der Waals surface area contributed by atoms with Crippen LogP contribution in [-0.2, 0) is 14.4 Å². The number of carbonyl (C=O) groups excluding carboxylic acids is 2. The van der Waals surface area contributed by atoms with Gasteiger partial charge in [-0.05, 0) is 18.6 Å². The van der Waals surface area contributed by atoms with Crippen molar-refractivity contribution in [2.24, 2.45) is 0 Å². The fourth-order valence-corrected chi connectivity index (χ4v) is 4.12. The monoisotopic (exact) mass is 488 g/mol. The summed E-state index contributed by atoms with van der Waals surface area (Å²) in [6.45, 7) is 3.85. The van der Waals surface area contributed by atoms with Crippen LogP contribution >= 0.6 is 0 Å². The average Bonchev–Trinajstić information content (AvgIpc) is 3.21. The molecule has 2 aromatic rings. The van der Waals surface area contributed by atoms with Crippen LogP contribution in [0.25, 0.3) is 10.9 Å². The zero-order chi connectivity index (χ0) is 25.2. The first-order valence-electron chi connectivity index (χ1n) is 12.2. The minimum absolute atomic E-state index is 0.154. The first kappa shape index (κ1) is 26.3. The Hall–Kier alpha value is -3.27. The first-order chi connectivity index (χ1) is 16.9. The molecule has 0 atom stereocenters. The zero-order valence-electron chi connectivity index (χ0n) is 20.1. The normalized spacial score (nSPS) is 14.6. The van der Waals surface area contributed by atoms with Crippen LogP contribution in [0.1, 0.15) is 63.1 Å². The maximum absolute atomic E-state index is 14.0. The molecule has 0 aliphatic carbocycles. The summed E-state index contributed by atoms with van der Waals surface area (Å²) in [7, 11) is 0. The standard InChI is InChI=1S/C25H33FN4O5/c1-2-3-4-5-6-7-8-9-22(31)30-21-18-19(26)10-11-20(21)25(27-30)28-14-16-29(17-15-28)35-24(34)13-12-23(32)33/h10-13,18H,2-9,14-17H2,1H3,(H,32,33)/b13-12-. The van der Waals surface area contributed by atoms with E-state index in [4.69, 9.17) is 9.94 Å². The van der Waals surface area contributed by atoms with E-state index in [0.29, 0.717) is 49.3 Å². The van der Waals surface area contributed by atoms with E-state index in [1.165, 1.54) is 47.6 Å². The second-order valence-corrected chi connectivity index (χ2v) is 8.66. The number of halogens is 1. The van der Waals surface area contributed by atoms with Gasteiger partial charge in [0.2, 0.25) is 5.91 Å². The summed E-state index contributed by atoms with van der Waals surface area (Å²) in [6.07, 6.45) is 9.65. The highest BCUT2D eigenvalue weighted by Crippen LogP contribution is 2.28. The highest BCUT2D eigenvalue weighted by atomic mass is 19.1. The highest BCUT2D eigenvalue weighted by Gasteiger charge is 2.25. The molecule has 1 aromatic carbocycles. The number of aliphatic carboxylic acids is 1. The van der Waals surface area contributed by atoms with E-state index in [9.17, 15) is 18.8 Å². The quantitative estimate of drug-likeness (QED) is 0.351. The Morgan fingerprint density at radius 2 is 1.71 bits per heavy atom. The Kier molecular flexibility index (Phi) is 9.77.